The predicted octanol–water partition coefficient (Wildman–Crippen LogP) is 4.01. The van der Waals surface area contributed by atoms with Gasteiger partial charge in [-0.3, -0.25) is 9.69 Å². The Balaban J connectivity index is 1.31. The van der Waals surface area contributed by atoms with Crippen LogP contribution in [-0.4, -0.2) is 66.2 Å². The Hall–Kier alpha value is -2.70. The fourth-order valence-electron chi connectivity index (χ4n) is 4.96. The number of aromatic nitrogens is 1. The lowest BCUT2D eigenvalue weighted by Crippen LogP contribution is -2.44. The van der Waals surface area contributed by atoms with E-state index in [2.05, 4.69) is 9.47 Å². The lowest BCUT2D eigenvalue weighted by atomic mass is 9.95. The minimum Gasteiger partial charge on any atom is -0.379 e. The van der Waals surface area contributed by atoms with Crippen LogP contribution in [0.4, 0.5) is 4.39 Å². The molecular formula is C26H30FN3O2. The lowest BCUT2D eigenvalue weighted by Gasteiger charge is -2.36. The number of likely N-dealkylation sites (tertiary alicyclic amines) is 1. The molecule has 0 atom stereocenters. The second kappa shape index (κ2) is 9.43. The minimum atomic E-state index is -0.248. The van der Waals surface area contributed by atoms with Gasteiger partial charge in [-0.25, -0.2) is 4.39 Å². The molecule has 2 fully saturated rings. The number of halogens is 1. The molecule has 0 unspecified atom stereocenters. The van der Waals surface area contributed by atoms with E-state index in [4.69, 9.17) is 4.74 Å². The maximum absolute atomic E-state index is 13.5. The second-order valence-electron chi connectivity index (χ2n) is 8.95. The average Bonchev–Trinajstić information content (AvgIpc) is 3.19. The Bertz CT molecular complexity index is 1060. The molecule has 3 aromatic rings. The number of para-hydroxylation sites is 1. The SMILES string of the molecule is O=C(c1cc2ccccc2n1Cc1ccc(F)cc1)N1CCC(CN2CCOCC2)CC1. The number of nitrogens with zero attached hydrogens (tertiary/aromatic N) is 3. The van der Waals surface area contributed by atoms with E-state index < -0.39 is 0 Å². The van der Waals surface area contributed by atoms with Gasteiger partial charge in [-0.1, -0.05) is 30.3 Å². The number of benzene rings is 2. The van der Waals surface area contributed by atoms with Crippen molar-refractivity contribution in [2.24, 2.45) is 5.92 Å². The van der Waals surface area contributed by atoms with Crippen molar-refractivity contribution < 1.29 is 13.9 Å². The molecule has 0 aliphatic carbocycles. The molecule has 168 valence electrons. The first-order valence-electron chi connectivity index (χ1n) is 11.6. The first-order chi connectivity index (χ1) is 15.7. The van der Waals surface area contributed by atoms with E-state index in [-0.39, 0.29) is 11.7 Å². The molecule has 1 amide bonds. The van der Waals surface area contributed by atoms with Crippen LogP contribution < -0.4 is 0 Å². The van der Waals surface area contributed by atoms with Crippen LogP contribution in [0.5, 0.6) is 0 Å². The third kappa shape index (κ3) is 4.57. The number of fused-ring (bicyclic) bond motifs is 1. The zero-order valence-corrected chi connectivity index (χ0v) is 18.4. The zero-order chi connectivity index (χ0) is 21.9. The summed E-state index contributed by atoms with van der Waals surface area (Å²) in [5.74, 6) is 0.484. The molecule has 0 spiro atoms. The first-order valence-corrected chi connectivity index (χ1v) is 11.6. The summed E-state index contributed by atoms with van der Waals surface area (Å²) in [6.07, 6.45) is 2.09. The van der Waals surface area contributed by atoms with Gasteiger partial charge in [0.05, 0.1) is 13.2 Å². The van der Waals surface area contributed by atoms with Gasteiger partial charge in [0, 0.05) is 50.2 Å². The number of hydrogen-bond donors (Lipinski definition) is 0. The van der Waals surface area contributed by atoms with Gasteiger partial charge in [-0.05, 0) is 48.6 Å². The van der Waals surface area contributed by atoms with Crippen LogP contribution in [0.3, 0.4) is 0 Å². The lowest BCUT2D eigenvalue weighted by molar-refractivity contribution is 0.0242. The van der Waals surface area contributed by atoms with E-state index in [1.807, 2.05) is 35.2 Å². The number of rotatable bonds is 5. The second-order valence-corrected chi connectivity index (χ2v) is 8.95. The van der Waals surface area contributed by atoms with Crippen molar-refractivity contribution in [3.8, 4) is 0 Å². The average molecular weight is 436 g/mol. The maximum atomic E-state index is 13.5. The van der Waals surface area contributed by atoms with Crippen molar-refractivity contribution in [1.82, 2.24) is 14.4 Å². The quantitative estimate of drug-likeness (QED) is 0.608. The molecule has 5 nitrogen and oxygen atoms in total. The highest BCUT2D eigenvalue weighted by atomic mass is 19.1. The van der Waals surface area contributed by atoms with Crippen LogP contribution in [0.15, 0.2) is 54.6 Å². The largest absolute Gasteiger partial charge is 0.379 e. The molecular weight excluding hydrogens is 405 g/mol. The summed E-state index contributed by atoms with van der Waals surface area (Å²) in [7, 11) is 0. The van der Waals surface area contributed by atoms with Crippen LogP contribution in [0, 0.1) is 11.7 Å². The molecule has 2 saturated heterocycles. The molecule has 5 rings (SSSR count). The highest BCUT2D eigenvalue weighted by molar-refractivity contribution is 5.99. The minimum absolute atomic E-state index is 0.0909. The topological polar surface area (TPSA) is 37.7 Å². The molecule has 2 aromatic carbocycles. The number of amides is 1. The van der Waals surface area contributed by atoms with Gasteiger partial charge >= 0.3 is 0 Å². The van der Waals surface area contributed by atoms with E-state index in [1.165, 1.54) is 12.1 Å². The number of ether oxygens (including phenoxy) is 1. The van der Waals surface area contributed by atoms with Crippen molar-refractivity contribution in [2.45, 2.75) is 19.4 Å². The molecule has 32 heavy (non-hydrogen) atoms. The first kappa shape index (κ1) is 21.2. The predicted molar refractivity (Wildman–Crippen MR) is 123 cm³/mol. The Morgan fingerprint density at radius 3 is 2.44 bits per heavy atom. The maximum Gasteiger partial charge on any atom is 0.270 e. The highest BCUT2D eigenvalue weighted by Gasteiger charge is 2.27. The third-order valence-electron chi connectivity index (χ3n) is 6.81. The third-order valence-corrected chi connectivity index (χ3v) is 6.81. The molecule has 1 aromatic heterocycles. The fourth-order valence-corrected chi connectivity index (χ4v) is 4.96. The van der Waals surface area contributed by atoms with Crippen LogP contribution in [0.2, 0.25) is 0 Å². The summed E-state index contributed by atoms with van der Waals surface area (Å²) in [6.45, 7) is 6.94. The van der Waals surface area contributed by atoms with Gasteiger partial charge in [0.25, 0.3) is 5.91 Å². The van der Waals surface area contributed by atoms with E-state index in [0.717, 1.165) is 75.2 Å². The smallest absolute Gasteiger partial charge is 0.270 e. The highest BCUT2D eigenvalue weighted by Crippen LogP contribution is 2.25. The zero-order valence-electron chi connectivity index (χ0n) is 18.4. The molecule has 0 bridgehead atoms. The van der Waals surface area contributed by atoms with Gasteiger partial charge in [0.1, 0.15) is 11.5 Å². The molecule has 6 heteroatoms. The number of hydrogen-bond acceptors (Lipinski definition) is 3. The molecule has 0 radical (unpaired) electrons. The summed E-state index contributed by atoms with van der Waals surface area (Å²) in [5, 5.41) is 1.06. The van der Waals surface area contributed by atoms with Crippen LogP contribution in [0.25, 0.3) is 10.9 Å². The van der Waals surface area contributed by atoms with Crippen LogP contribution >= 0.6 is 0 Å². The normalized spacial score (nSPS) is 18.3. The summed E-state index contributed by atoms with van der Waals surface area (Å²) < 4.78 is 20.9. The van der Waals surface area contributed by atoms with Gasteiger partial charge in [0.15, 0.2) is 0 Å². The Morgan fingerprint density at radius 1 is 0.969 bits per heavy atom. The van der Waals surface area contributed by atoms with Gasteiger partial charge < -0.3 is 14.2 Å². The summed E-state index contributed by atoms with van der Waals surface area (Å²) >= 11 is 0. The molecule has 0 saturated carbocycles. The fraction of sp³-hybridized carbons (Fsp3) is 0.423. The van der Waals surface area contributed by atoms with E-state index in [0.29, 0.717) is 18.2 Å². The number of morpholine rings is 1. The van der Waals surface area contributed by atoms with Crippen molar-refractivity contribution in [3.63, 3.8) is 0 Å². The molecule has 2 aliphatic heterocycles. The van der Waals surface area contributed by atoms with Crippen LogP contribution in [-0.2, 0) is 11.3 Å². The Morgan fingerprint density at radius 2 is 1.69 bits per heavy atom. The molecule has 2 aliphatic rings. The van der Waals surface area contributed by atoms with Gasteiger partial charge in [-0.2, -0.15) is 0 Å². The summed E-state index contributed by atoms with van der Waals surface area (Å²) in [5.41, 5.74) is 2.72. The monoisotopic (exact) mass is 435 g/mol. The Labute approximate surface area is 188 Å². The summed E-state index contributed by atoms with van der Waals surface area (Å²) in [4.78, 5) is 18.0. The van der Waals surface area contributed by atoms with Crippen LogP contribution in [0.1, 0.15) is 28.9 Å². The number of carbonyl (C=O) groups excluding carboxylic acids is 1. The van der Waals surface area contributed by atoms with E-state index in [1.54, 1.807) is 12.1 Å². The van der Waals surface area contributed by atoms with Crippen molar-refractivity contribution >= 4 is 16.8 Å². The van der Waals surface area contributed by atoms with Crippen molar-refractivity contribution in [1.29, 1.82) is 0 Å². The standard InChI is InChI=1S/C26H30FN3O2/c27-23-7-5-20(6-8-23)19-30-24-4-2-1-3-22(24)17-25(30)26(31)29-11-9-21(10-12-29)18-28-13-15-32-16-14-28/h1-8,17,21H,9-16,18-19H2. The van der Waals surface area contributed by atoms with Gasteiger partial charge in [0.2, 0.25) is 0 Å². The molecule has 0 N–H and O–H groups in total. The number of piperidine rings is 1. The molecule has 3 heterocycles. The van der Waals surface area contributed by atoms with E-state index in [9.17, 15) is 9.18 Å². The number of carbonyl (C=O) groups is 1. The van der Waals surface area contributed by atoms with E-state index >= 15 is 0 Å². The van der Waals surface area contributed by atoms with Gasteiger partial charge in [-0.15, -0.1) is 0 Å². The van der Waals surface area contributed by atoms with Crippen molar-refractivity contribution in [2.75, 3.05) is 45.9 Å². The Kier molecular flexibility index (Phi) is 6.23. The van der Waals surface area contributed by atoms with Crippen molar-refractivity contribution in [3.05, 3.63) is 71.7 Å². The summed E-state index contributed by atoms with van der Waals surface area (Å²) in [6, 6.07) is 16.6.